The standard InChI is InChI=1S/C17H31N3O/c1-14(2)20-13-16(5-6-17(20)21)12-19-9-7-18(8-10-19)11-15-3-4-15/h14-16H,3-13H2,1-2H3. The predicted molar refractivity (Wildman–Crippen MR) is 85.2 cm³/mol. The number of carbonyl (C=O) groups is 1. The van der Waals surface area contributed by atoms with Gasteiger partial charge in [0.05, 0.1) is 0 Å². The van der Waals surface area contributed by atoms with Gasteiger partial charge in [0.15, 0.2) is 0 Å². The van der Waals surface area contributed by atoms with Crippen LogP contribution in [0, 0.1) is 11.8 Å². The minimum absolute atomic E-state index is 0.357. The molecule has 3 rings (SSSR count). The number of hydrogen-bond donors (Lipinski definition) is 0. The lowest BCUT2D eigenvalue weighted by Gasteiger charge is -2.40. The van der Waals surface area contributed by atoms with Crippen molar-refractivity contribution in [2.75, 3.05) is 45.8 Å². The molecule has 3 aliphatic rings. The third kappa shape index (κ3) is 4.19. The van der Waals surface area contributed by atoms with Crippen molar-refractivity contribution in [1.82, 2.24) is 14.7 Å². The predicted octanol–water partition coefficient (Wildman–Crippen LogP) is 1.66. The van der Waals surface area contributed by atoms with Gasteiger partial charge in [0.1, 0.15) is 0 Å². The summed E-state index contributed by atoms with van der Waals surface area (Å²) < 4.78 is 0. The van der Waals surface area contributed by atoms with Crippen molar-refractivity contribution in [3.8, 4) is 0 Å². The summed E-state index contributed by atoms with van der Waals surface area (Å²) in [5.74, 6) is 2.05. The molecule has 0 bridgehead atoms. The molecule has 1 unspecified atom stereocenters. The quantitative estimate of drug-likeness (QED) is 0.771. The fourth-order valence-electron chi connectivity index (χ4n) is 3.78. The number of piperidine rings is 1. The normalized spacial score (nSPS) is 29.4. The first-order chi connectivity index (χ1) is 10.1. The van der Waals surface area contributed by atoms with Crippen molar-refractivity contribution in [3.05, 3.63) is 0 Å². The molecule has 0 radical (unpaired) electrons. The molecule has 4 heteroatoms. The molecule has 3 fully saturated rings. The maximum Gasteiger partial charge on any atom is 0.222 e. The molecular weight excluding hydrogens is 262 g/mol. The van der Waals surface area contributed by atoms with Gasteiger partial charge in [-0.1, -0.05) is 0 Å². The van der Waals surface area contributed by atoms with Gasteiger partial charge in [-0.25, -0.2) is 0 Å². The third-order valence-corrected chi connectivity index (χ3v) is 5.36. The fraction of sp³-hybridized carbons (Fsp3) is 0.941. The summed E-state index contributed by atoms with van der Waals surface area (Å²) >= 11 is 0. The molecule has 1 atom stereocenters. The van der Waals surface area contributed by atoms with Gasteiger partial charge in [-0.15, -0.1) is 0 Å². The third-order valence-electron chi connectivity index (χ3n) is 5.36. The number of amides is 1. The Morgan fingerprint density at radius 1 is 0.952 bits per heavy atom. The summed E-state index contributed by atoms with van der Waals surface area (Å²) in [6, 6.07) is 0.357. The van der Waals surface area contributed by atoms with Crippen LogP contribution in [0.5, 0.6) is 0 Å². The van der Waals surface area contributed by atoms with Gasteiger partial charge in [-0.3, -0.25) is 4.79 Å². The van der Waals surface area contributed by atoms with E-state index in [-0.39, 0.29) is 0 Å². The second-order valence-corrected chi connectivity index (χ2v) is 7.59. The van der Waals surface area contributed by atoms with Crippen LogP contribution in [0.4, 0.5) is 0 Å². The van der Waals surface area contributed by atoms with E-state index in [9.17, 15) is 4.79 Å². The summed E-state index contributed by atoms with van der Waals surface area (Å²) in [4.78, 5) is 19.3. The Hall–Kier alpha value is -0.610. The van der Waals surface area contributed by atoms with E-state index < -0.39 is 0 Å². The van der Waals surface area contributed by atoms with Crippen LogP contribution >= 0.6 is 0 Å². The molecule has 0 N–H and O–H groups in total. The van der Waals surface area contributed by atoms with Crippen LogP contribution in [0.3, 0.4) is 0 Å². The van der Waals surface area contributed by atoms with Gasteiger partial charge in [0.25, 0.3) is 0 Å². The van der Waals surface area contributed by atoms with Crippen molar-refractivity contribution in [3.63, 3.8) is 0 Å². The molecule has 2 saturated heterocycles. The molecule has 0 aromatic carbocycles. The SMILES string of the molecule is CC(C)N1CC(CN2CCN(CC3CC3)CC2)CCC1=O. The van der Waals surface area contributed by atoms with E-state index >= 15 is 0 Å². The Kier molecular flexibility index (Phi) is 4.85. The zero-order chi connectivity index (χ0) is 14.8. The molecular formula is C17H31N3O. The van der Waals surface area contributed by atoms with E-state index in [1.807, 2.05) is 0 Å². The number of nitrogens with zero attached hydrogens (tertiary/aromatic N) is 3. The van der Waals surface area contributed by atoms with E-state index in [4.69, 9.17) is 0 Å². The Morgan fingerprint density at radius 3 is 2.05 bits per heavy atom. The molecule has 4 nitrogen and oxygen atoms in total. The van der Waals surface area contributed by atoms with E-state index in [2.05, 4.69) is 28.5 Å². The first-order valence-corrected chi connectivity index (χ1v) is 8.86. The number of hydrogen-bond acceptors (Lipinski definition) is 3. The molecule has 21 heavy (non-hydrogen) atoms. The average molecular weight is 293 g/mol. The van der Waals surface area contributed by atoms with Crippen LogP contribution in [-0.4, -0.2) is 72.5 Å². The Balaban J connectivity index is 1.41. The van der Waals surface area contributed by atoms with Gasteiger partial charge in [-0.05, 0) is 44.9 Å². The lowest BCUT2D eigenvalue weighted by atomic mass is 9.95. The van der Waals surface area contributed by atoms with E-state index in [0.29, 0.717) is 17.9 Å². The monoisotopic (exact) mass is 293 g/mol. The highest BCUT2D eigenvalue weighted by Gasteiger charge is 2.30. The van der Waals surface area contributed by atoms with E-state index in [1.54, 1.807) is 0 Å². The number of piperazine rings is 1. The Labute approximate surface area is 129 Å². The highest BCUT2D eigenvalue weighted by Crippen LogP contribution is 2.30. The average Bonchev–Trinajstić information content (AvgIpc) is 3.27. The minimum Gasteiger partial charge on any atom is -0.340 e. The second kappa shape index (κ2) is 6.66. The van der Waals surface area contributed by atoms with Gasteiger partial charge >= 0.3 is 0 Å². The van der Waals surface area contributed by atoms with E-state index in [0.717, 1.165) is 25.3 Å². The maximum absolute atomic E-state index is 11.9. The van der Waals surface area contributed by atoms with Gasteiger partial charge in [0, 0.05) is 58.3 Å². The van der Waals surface area contributed by atoms with Gasteiger partial charge < -0.3 is 14.7 Å². The van der Waals surface area contributed by atoms with Crippen molar-refractivity contribution >= 4 is 5.91 Å². The highest BCUT2D eigenvalue weighted by molar-refractivity contribution is 5.77. The highest BCUT2D eigenvalue weighted by atomic mass is 16.2. The summed E-state index contributed by atoms with van der Waals surface area (Å²) in [5, 5.41) is 0. The summed E-state index contributed by atoms with van der Waals surface area (Å²) in [6.45, 7) is 12.7. The molecule has 0 aromatic rings. The van der Waals surface area contributed by atoms with Crippen LogP contribution in [-0.2, 0) is 4.79 Å². The van der Waals surface area contributed by atoms with Crippen molar-refractivity contribution < 1.29 is 4.79 Å². The lowest BCUT2D eigenvalue weighted by molar-refractivity contribution is -0.137. The van der Waals surface area contributed by atoms with Gasteiger partial charge in [-0.2, -0.15) is 0 Å². The summed E-state index contributed by atoms with van der Waals surface area (Å²) in [7, 11) is 0. The minimum atomic E-state index is 0.357. The smallest absolute Gasteiger partial charge is 0.222 e. The molecule has 2 aliphatic heterocycles. The second-order valence-electron chi connectivity index (χ2n) is 7.59. The summed E-state index contributed by atoms with van der Waals surface area (Å²) in [5.41, 5.74) is 0. The Bertz CT molecular complexity index is 359. The zero-order valence-electron chi connectivity index (χ0n) is 13.8. The summed E-state index contributed by atoms with van der Waals surface area (Å²) in [6.07, 6.45) is 4.76. The molecule has 1 saturated carbocycles. The van der Waals surface area contributed by atoms with Crippen molar-refractivity contribution in [2.45, 2.75) is 45.6 Å². The molecule has 0 aromatic heterocycles. The van der Waals surface area contributed by atoms with Crippen LogP contribution < -0.4 is 0 Å². The van der Waals surface area contributed by atoms with Crippen LogP contribution in [0.15, 0.2) is 0 Å². The maximum atomic E-state index is 11.9. The first-order valence-electron chi connectivity index (χ1n) is 8.86. The van der Waals surface area contributed by atoms with E-state index in [1.165, 1.54) is 52.1 Å². The topological polar surface area (TPSA) is 26.8 Å². The zero-order valence-corrected chi connectivity index (χ0v) is 13.8. The lowest BCUT2D eigenvalue weighted by Crippen LogP contribution is -2.51. The van der Waals surface area contributed by atoms with Crippen LogP contribution in [0.2, 0.25) is 0 Å². The number of likely N-dealkylation sites (tertiary alicyclic amines) is 1. The number of carbonyl (C=O) groups excluding carboxylic acids is 1. The Morgan fingerprint density at radius 2 is 1.52 bits per heavy atom. The first kappa shape index (κ1) is 15.3. The molecule has 2 heterocycles. The number of rotatable bonds is 5. The largest absolute Gasteiger partial charge is 0.340 e. The van der Waals surface area contributed by atoms with Crippen LogP contribution in [0.1, 0.15) is 39.5 Å². The van der Waals surface area contributed by atoms with Gasteiger partial charge in [0.2, 0.25) is 5.91 Å². The molecule has 1 amide bonds. The fourth-order valence-corrected chi connectivity index (χ4v) is 3.78. The van der Waals surface area contributed by atoms with Crippen LogP contribution in [0.25, 0.3) is 0 Å². The molecule has 0 spiro atoms. The van der Waals surface area contributed by atoms with Crippen molar-refractivity contribution in [2.24, 2.45) is 11.8 Å². The van der Waals surface area contributed by atoms with Crippen molar-refractivity contribution in [1.29, 1.82) is 0 Å². The molecule has 120 valence electrons. The molecule has 1 aliphatic carbocycles.